The average Bonchev–Trinajstić information content (AvgIpc) is 2.76. The second-order valence-electron chi connectivity index (χ2n) is 6.20. The Morgan fingerprint density at radius 3 is 2.81 bits per heavy atom. The van der Waals surface area contributed by atoms with Crippen molar-refractivity contribution in [1.29, 1.82) is 0 Å². The number of benzene rings is 1. The molecule has 1 aromatic carbocycles. The van der Waals surface area contributed by atoms with Crippen LogP contribution >= 0.6 is 0 Å². The summed E-state index contributed by atoms with van der Waals surface area (Å²) in [6.07, 6.45) is 2.39. The number of nitrogens with zero attached hydrogens (tertiary/aromatic N) is 3. The number of fused-ring (bicyclic) bond motifs is 1. The fourth-order valence-corrected chi connectivity index (χ4v) is 3.08. The average molecular weight is 290 g/mol. The molecule has 0 radical (unpaired) electrons. The molecule has 5 heteroatoms. The van der Waals surface area contributed by atoms with Crippen molar-refractivity contribution in [2.24, 2.45) is 5.92 Å². The molecule has 0 bridgehead atoms. The van der Waals surface area contributed by atoms with E-state index in [2.05, 4.69) is 19.8 Å². The molecule has 0 atom stereocenters. The molecule has 0 amide bonds. The lowest BCUT2D eigenvalue weighted by molar-refractivity contribution is 0.321. The van der Waals surface area contributed by atoms with Crippen molar-refractivity contribution < 1.29 is 4.39 Å². The van der Waals surface area contributed by atoms with Gasteiger partial charge in [0.15, 0.2) is 0 Å². The van der Waals surface area contributed by atoms with E-state index in [1.54, 1.807) is 0 Å². The number of imidazole rings is 1. The molecule has 1 fully saturated rings. The highest BCUT2D eigenvalue weighted by molar-refractivity contribution is 5.76. The molecular weight excluding hydrogens is 267 g/mol. The van der Waals surface area contributed by atoms with Crippen LogP contribution in [0.15, 0.2) is 18.2 Å². The van der Waals surface area contributed by atoms with E-state index in [0.29, 0.717) is 5.92 Å². The number of rotatable bonds is 4. The first-order valence-corrected chi connectivity index (χ1v) is 7.63. The SMILES string of the molecule is CN(C)Cc1nc2cc(F)ccc2n1CC1CCNCC1. The van der Waals surface area contributed by atoms with Gasteiger partial charge in [-0.05, 0) is 58.1 Å². The van der Waals surface area contributed by atoms with Gasteiger partial charge in [0, 0.05) is 12.6 Å². The highest BCUT2D eigenvalue weighted by Gasteiger charge is 2.18. The largest absolute Gasteiger partial charge is 0.327 e. The maximum Gasteiger partial charge on any atom is 0.125 e. The first kappa shape index (κ1) is 14.5. The minimum absolute atomic E-state index is 0.217. The highest BCUT2D eigenvalue weighted by Crippen LogP contribution is 2.22. The molecule has 3 rings (SSSR count). The zero-order valence-corrected chi connectivity index (χ0v) is 12.8. The Balaban J connectivity index is 1.95. The lowest BCUT2D eigenvalue weighted by Crippen LogP contribution is -2.30. The molecule has 1 aromatic heterocycles. The van der Waals surface area contributed by atoms with Crippen molar-refractivity contribution in [3.05, 3.63) is 29.8 Å². The van der Waals surface area contributed by atoms with Crippen LogP contribution in [0.4, 0.5) is 4.39 Å². The van der Waals surface area contributed by atoms with Gasteiger partial charge in [0.2, 0.25) is 0 Å². The Bertz CT molecular complexity index is 614. The smallest absolute Gasteiger partial charge is 0.125 e. The van der Waals surface area contributed by atoms with Crippen molar-refractivity contribution in [2.75, 3.05) is 27.2 Å². The van der Waals surface area contributed by atoms with Crippen molar-refractivity contribution in [3.8, 4) is 0 Å². The Hall–Kier alpha value is -1.46. The summed E-state index contributed by atoms with van der Waals surface area (Å²) < 4.78 is 15.7. The Morgan fingerprint density at radius 1 is 1.33 bits per heavy atom. The first-order valence-electron chi connectivity index (χ1n) is 7.63. The van der Waals surface area contributed by atoms with Crippen molar-refractivity contribution in [1.82, 2.24) is 19.8 Å². The highest BCUT2D eigenvalue weighted by atomic mass is 19.1. The van der Waals surface area contributed by atoms with Gasteiger partial charge in [-0.25, -0.2) is 9.37 Å². The molecule has 1 aliphatic rings. The maximum absolute atomic E-state index is 13.4. The van der Waals surface area contributed by atoms with E-state index in [9.17, 15) is 4.39 Å². The fourth-order valence-electron chi connectivity index (χ4n) is 3.08. The van der Waals surface area contributed by atoms with Crippen LogP contribution in [0, 0.1) is 11.7 Å². The molecule has 0 unspecified atom stereocenters. The summed E-state index contributed by atoms with van der Waals surface area (Å²) in [7, 11) is 4.07. The van der Waals surface area contributed by atoms with Gasteiger partial charge in [-0.1, -0.05) is 0 Å². The van der Waals surface area contributed by atoms with E-state index >= 15 is 0 Å². The zero-order valence-electron chi connectivity index (χ0n) is 12.8. The summed E-state index contributed by atoms with van der Waals surface area (Å²) in [5, 5.41) is 3.40. The van der Waals surface area contributed by atoms with Crippen molar-refractivity contribution >= 4 is 11.0 Å². The van der Waals surface area contributed by atoms with E-state index in [-0.39, 0.29) is 5.82 Å². The molecule has 1 saturated heterocycles. The number of halogens is 1. The third-order valence-electron chi connectivity index (χ3n) is 4.15. The number of piperidine rings is 1. The fraction of sp³-hybridized carbons (Fsp3) is 0.562. The third kappa shape index (κ3) is 3.24. The molecule has 21 heavy (non-hydrogen) atoms. The minimum atomic E-state index is -0.217. The van der Waals surface area contributed by atoms with E-state index < -0.39 is 0 Å². The molecule has 0 spiro atoms. The lowest BCUT2D eigenvalue weighted by Gasteiger charge is -2.24. The quantitative estimate of drug-likeness (QED) is 0.937. The van der Waals surface area contributed by atoms with Crippen LogP contribution < -0.4 is 5.32 Å². The Labute approximate surface area is 125 Å². The van der Waals surface area contributed by atoms with Crippen LogP contribution in [0.5, 0.6) is 0 Å². The van der Waals surface area contributed by atoms with Gasteiger partial charge in [-0.2, -0.15) is 0 Å². The number of hydrogen-bond donors (Lipinski definition) is 1. The molecule has 1 N–H and O–H groups in total. The predicted molar refractivity (Wildman–Crippen MR) is 82.7 cm³/mol. The summed E-state index contributed by atoms with van der Waals surface area (Å²) in [5.41, 5.74) is 1.81. The second-order valence-corrected chi connectivity index (χ2v) is 6.20. The number of nitrogens with one attached hydrogen (secondary N) is 1. The minimum Gasteiger partial charge on any atom is -0.327 e. The van der Waals surface area contributed by atoms with Gasteiger partial charge < -0.3 is 14.8 Å². The van der Waals surface area contributed by atoms with Crippen LogP contribution in [-0.2, 0) is 13.1 Å². The lowest BCUT2D eigenvalue weighted by atomic mass is 9.98. The van der Waals surface area contributed by atoms with E-state index in [4.69, 9.17) is 0 Å². The maximum atomic E-state index is 13.4. The molecule has 2 aromatic rings. The van der Waals surface area contributed by atoms with Crippen LogP contribution in [-0.4, -0.2) is 41.6 Å². The normalized spacial score (nSPS) is 17.0. The summed E-state index contributed by atoms with van der Waals surface area (Å²) >= 11 is 0. The van der Waals surface area contributed by atoms with Crippen LogP contribution in [0.2, 0.25) is 0 Å². The molecule has 0 saturated carbocycles. The van der Waals surface area contributed by atoms with Gasteiger partial charge in [0.05, 0.1) is 17.6 Å². The van der Waals surface area contributed by atoms with Crippen molar-refractivity contribution in [3.63, 3.8) is 0 Å². The van der Waals surface area contributed by atoms with Gasteiger partial charge in [0.25, 0.3) is 0 Å². The monoisotopic (exact) mass is 290 g/mol. The molecule has 2 heterocycles. The Morgan fingerprint density at radius 2 is 2.10 bits per heavy atom. The summed E-state index contributed by atoms with van der Waals surface area (Å²) in [6.45, 7) is 3.94. The summed E-state index contributed by atoms with van der Waals surface area (Å²) in [5.74, 6) is 1.49. The van der Waals surface area contributed by atoms with E-state index in [1.165, 1.54) is 25.0 Å². The number of aromatic nitrogens is 2. The Kier molecular flexibility index (Phi) is 4.22. The standard InChI is InChI=1S/C16H23FN4/c1-20(2)11-16-19-14-9-13(17)3-4-15(14)21(16)10-12-5-7-18-8-6-12/h3-4,9,12,18H,5-8,10-11H2,1-2H3. The van der Waals surface area contributed by atoms with Gasteiger partial charge in [-0.3, -0.25) is 0 Å². The number of hydrogen-bond acceptors (Lipinski definition) is 3. The molecule has 4 nitrogen and oxygen atoms in total. The summed E-state index contributed by atoms with van der Waals surface area (Å²) in [4.78, 5) is 6.75. The molecular formula is C16H23FN4. The summed E-state index contributed by atoms with van der Waals surface area (Å²) in [6, 6.07) is 4.92. The predicted octanol–water partition coefficient (Wildman–Crippen LogP) is 2.24. The first-order chi connectivity index (χ1) is 10.1. The molecule has 1 aliphatic heterocycles. The van der Waals surface area contributed by atoms with E-state index in [0.717, 1.165) is 43.0 Å². The van der Waals surface area contributed by atoms with Crippen LogP contribution in [0.3, 0.4) is 0 Å². The molecule has 0 aliphatic carbocycles. The van der Waals surface area contributed by atoms with Gasteiger partial charge >= 0.3 is 0 Å². The van der Waals surface area contributed by atoms with Crippen LogP contribution in [0.1, 0.15) is 18.7 Å². The molecule has 114 valence electrons. The van der Waals surface area contributed by atoms with Gasteiger partial charge in [0.1, 0.15) is 11.6 Å². The third-order valence-corrected chi connectivity index (χ3v) is 4.15. The van der Waals surface area contributed by atoms with Crippen molar-refractivity contribution in [2.45, 2.75) is 25.9 Å². The van der Waals surface area contributed by atoms with Crippen LogP contribution in [0.25, 0.3) is 11.0 Å². The second kappa shape index (κ2) is 6.12. The topological polar surface area (TPSA) is 33.1 Å². The van der Waals surface area contributed by atoms with E-state index in [1.807, 2.05) is 20.2 Å². The zero-order chi connectivity index (χ0) is 14.8. The van der Waals surface area contributed by atoms with Gasteiger partial charge in [-0.15, -0.1) is 0 Å².